The average molecular weight is 346 g/mol. The molecule has 0 aliphatic rings. The molecular weight excluding hydrogens is 323 g/mol. The number of nitrogens with zero attached hydrogens (tertiary/aromatic N) is 2. The maximum Gasteiger partial charge on any atom is 0.303 e. The fourth-order valence-corrected chi connectivity index (χ4v) is 2.81. The maximum atomic E-state index is 13.5. The first-order chi connectivity index (χ1) is 11.9. The highest BCUT2D eigenvalue weighted by molar-refractivity contribution is 5.67. The molecule has 1 aromatic heterocycles. The summed E-state index contributed by atoms with van der Waals surface area (Å²) in [4.78, 5) is 19.6. The van der Waals surface area contributed by atoms with Crippen LogP contribution in [0.25, 0.3) is 0 Å². The number of aliphatic carboxylic acids is 1. The van der Waals surface area contributed by atoms with Crippen molar-refractivity contribution < 1.29 is 19.0 Å². The van der Waals surface area contributed by atoms with Gasteiger partial charge in [-0.05, 0) is 38.0 Å². The zero-order valence-electron chi connectivity index (χ0n) is 14.7. The highest BCUT2D eigenvalue weighted by Crippen LogP contribution is 2.25. The number of aromatic nitrogens is 2. The van der Waals surface area contributed by atoms with Gasteiger partial charge in [-0.3, -0.25) is 4.79 Å². The number of carboxylic acids is 1. The summed E-state index contributed by atoms with van der Waals surface area (Å²) in [5, 5.41) is 9.19. The van der Waals surface area contributed by atoms with Crippen molar-refractivity contribution in [1.82, 2.24) is 9.97 Å². The van der Waals surface area contributed by atoms with Crippen LogP contribution in [0, 0.1) is 25.6 Å². The third kappa shape index (κ3) is 5.52. The molecule has 2 rings (SSSR count). The molecule has 6 heteroatoms. The maximum absolute atomic E-state index is 13.5. The minimum Gasteiger partial charge on any atom is -0.486 e. The van der Waals surface area contributed by atoms with Crippen LogP contribution in [0.4, 0.5) is 4.39 Å². The van der Waals surface area contributed by atoms with Crippen molar-refractivity contribution in [2.75, 3.05) is 0 Å². The molecule has 0 aliphatic heterocycles. The van der Waals surface area contributed by atoms with Gasteiger partial charge in [0.05, 0.1) is 18.3 Å². The van der Waals surface area contributed by atoms with E-state index in [0.29, 0.717) is 30.1 Å². The summed E-state index contributed by atoms with van der Waals surface area (Å²) >= 11 is 0. The van der Waals surface area contributed by atoms with Crippen LogP contribution in [0.5, 0.6) is 5.75 Å². The van der Waals surface area contributed by atoms with Crippen molar-refractivity contribution in [1.29, 1.82) is 0 Å². The van der Waals surface area contributed by atoms with E-state index >= 15 is 0 Å². The smallest absolute Gasteiger partial charge is 0.303 e. The van der Waals surface area contributed by atoms with Crippen LogP contribution in [0.2, 0.25) is 0 Å². The van der Waals surface area contributed by atoms with E-state index in [1.54, 1.807) is 19.2 Å². The number of carboxylic acid groups (broad SMARTS) is 1. The largest absolute Gasteiger partial charge is 0.486 e. The molecule has 0 unspecified atom stereocenters. The van der Waals surface area contributed by atoms with Crippen LogP contribution in [-0.4, -0.2) is 27.1 Å². The Bertz CT molecular complexity index is 736. The molecule has 0 saturated carbocycles. The summed E-state index contributed by atoms with van der Waals surface area (Å²) in [7, 11) is 0. The third-order valence-electron chi connectivity index (χ3n) is 4.15. The van der Waals surface area contributed by atoms with Gasteiger partial charge in [0.25, 0.3) is 0 Å². The summed E-state index contributed by atoms with van der Waals surface area (Å²) in [5.41, 5.74) is 1.46. The molecule has 2 atom stereocenters. The van der Waals surface area contributed by atoms with Gasteiger partial charge in [0.15, 0.2) is 5.75 Å². The lowest BCUT2D eigenvalue weighted by molar-refractivity contribution is -0.139. The summed E-state index contributed by atoms with van der Waals surface area (Å²) in [5.74, 6) is -0.240. The Hall–Kier alpha value is -2.50. The van der Waals surface area contributed by atoms with Crippen LogP contribution in [0.15, 0.2) is 30.5 Å². The van der Waals surface area contributed by atoms with Gasteiger partial charge in [0.1, 0.15) is 17.7 Å². The Balaban J connectivity index is 2.28. The first-order valence-electron chi connectivity index (χ1n) is 8.32. The molecule has 1 aromatic carbocycles. The molecule has 2 aromatic rings. The number of hydrogen-bond acceptors (Lipinski definition) is 4. The predicted molar refractivity (Wildman–Crippen MR) is 92.1 cm³/mol. The number of hydrogen-bond donors (Lipinski definition) is 1. The lowest BCUT2D eigenvalue weighted by atomic mass is 9.91. The Morgan fingerprint density at radius 1 is 1.36 bits per heavy atom. The van der Waals surface area contributed by atoms with Crippen molar-refractivity contribution in [2.45, 2.75) is 46.1 Å². The second kappa shape index (κ2) is 8.55. The summed E-state index contributed by atoms with van der Waals surface area (Å²) < 4.78 is 19.6. The van der Waals surface area contributed by atoms with Crippen molar-refractivity contribution >= 4 is 5.97 Å². The standard InChI is InChI=1S/C19H23FN2O3/c1-4-15(10-19(23)24)17(9-14-6-5-7-16(20)8-14)25-18-11-21-13(3)22-12(18)2/h5-8,11,15,17H,4,9-10H2,1-3H3,(H,23,24)/t15-,17+/m1/s1. The van der Waals surface area contributed by atoms with E-state index in [0.717, 1.165) is 5.56 Å². The second-order valence-corrected chi connectivity index (χ2v) is 6.12. The number of halogens is 1. The fraction of sp³-hybridized carbons (Fsp3) is 0.421. The predicted octanol–water partition coefficient (Wildman–Crippen LogP) is 3.72. The Morgan fingerprint density at radius 3 is 2.72 bits per heavy atom. The quantitative estimate of drug-likeness (QED) is 0.788. The van der Waals surface area contributed by atoms with Gasteiger partial charge in [-0.1, -0.05) is 19.1 Å². The second-order valence-electron chi connectivity index (χ2n) is 6.12. The molecule has 5 nitrogen and oxygen atoms in total. The normalized spacial score (nSPS) is 13.3. The molecule has 0 bridgehead atoms. The van der Waals surface area contributed by atoms with E-state index < -0.39 is 12.1 Å². The Morgan fingerprint density at radius 2 is 2.12 bits per heavy atom. The van der Waals surface area contributed by atoms with Gasteiger partial charge in [-0.2, -0.15) is 0 Å². The zero-order valence-corrected chi connectivity index (χ0v) is 14.7. The van der Waals surface area contributed by atoms with Gasteiger partial charge in [-0.25, -0.2) is 14.4 Å². The molecular formula is C19H23FN2O3. The summed E-state index contributed by atoms with van der Waals surface area (Å²) in [6.45, 7) is 5.54. The molecule has 0 amide bonds. The SMILES string of the molecule is CC[C@H](CC(=O)O)[C@H](Cc1cccc(F)c1)Oc1cnc(C)nc1C. The van der Waals surface area contributed by atoms with E-state index in [4.69, 9.17) is 4.74 Å². The van der Waals surface area contributed by atoms with Crippen LogP contribution in [-0.2, 0) is 11.2 Å². The zero-order chi connectivity index (χ0) is 18.4. The highest BCUT2D eigenvalue weighted by Gasteiger charge is 2.26. The monoisotopic (exact) mass is 346 g/mol. The number of benzene rings is 1. The minimum absolute atomic E-state index is 0.0117. The van der Waals surface area contributed by atoms with Crippen LogP contribution in [0.3, 0.4) is 0 Å². The van der Waals surface area contributed by atoms with Gasteiger partial charge in [-0.15, -0.1) is 0 Å². The van der Waals surface area contributed by atoms with E-state index in [-0.39, 0.29) is 18.2 Å². The number of carbonyl (C=O) groups is 1. The molecule has 25 heavy (non-hydrogen) atoms. The van der Waals surface area contributed by atoms with E-state index in [2.05, 4.69) is 9.97 Å². The number of ether oxygens (including phenoxy) is 1. The van der Waals surface area contributed by atoms with Gasteiger partial charge >= 0.3 is 5.97 Å². The highest BCUT2D eigenvalue weighted by atomic mass is 19.1. The molecule has 0 saturated heterocycles. The molecule has 1 heterocycles. The molecule has 0 fully saturated rings. The van der Waals surface area contributed by atoms with Crippen LogP contribution in [0.1, 0.15) is 36.8 Å². The van der Waals surface area contributed by atoms with Crippen molar-refractivity contribution in [2.24, 2.45) is 5.92 Å². The molecule has 0 spiro atoms. The van der Waals surface area contributed by atoms with Crippen LogP contribution < -0.4 is 4.74 Å². The van der Waals surface area contributed by atoms with E-state index in [9.17, 15) is 14.3 Å². The first-order valence-corrected chi connectivity index (χ1v) is 8.32. The lowest BCUT2D eigenvalue weighted by Gasteiger charge is -2.27. The Kier molecular flexibility index (Phi) is 6.44. The molecule has 134 valence electrons. The molecule has 0 aliphatic carbocycles. The lowest BCUT2D eigenvalue weighted by Crippen LogP contribution is -2.31. The van der Waals surface area contributed by atoms with Crippen molar-refractivity contribution in [3.8, 4) is 5.75 Å². The average Bonchev–Trinajstić information content (AvgIpc) is 2.54. The molecule has 0 radical (unpaired) electrons. The van der Waals surface area contributed by atoms with E-state index in [1.807, 2.05) is 19.9 Å². The number of rotatable bonds is 8. The van der Waals surface area contributed by atoms with Crippen molar-refractivity contribution in [3.63, 3.8) is 0 Å². The topological polar surface area (TPSA) is 72.3 Å². The van der Waals surface area contributed by atoms with E-state index in [1.165, 1.54) is 12.1 Å². The minimum atomic E-state index is -0.878. The van der Waals surface area contributed by atoms with Gasteiger partial charge in [0.2, 0.25) is 0 Å². The first kappa shape index (κ1) is 18.8. The summed E-state index contributed by atoms with van der Waals surface area (Å²) in [6.07, 6.45) is 2.23. The van der Waals surface area contributed by atoms with Crippen molar-refractivity contribution in [3.05, 3.63) is 53.4 Å². The molecule has 1 N–H and O–H groups in total. The van der Waals surface area contributed by atoms with Crippen LogP contribution >= 0.6 is 0 Å². The summed E-state index contributed by atoms with van der Waals surface area (Å²) in [6, 6.07) is 6.28. The third-order valence-corrected chi connectivity index (χ3v) is 4.15. The fourth-order valence-electron chi connectivity index (χ4n) is 2.81. The Labute approximate surface area is 146 Å². The number of aryl methyl sites for hydroxylation is 2. The van der Waals surface area contributed by atoms with Gasteiger partial charge in [0, 0.05) is 12.3 Å². The van der Waals surface area contributed by atoms with Gasteiger partial charge < -0.3 is 9.84 Å².